The van der Waals surface area contributed by atoms with Gasteiger partial charge < -0.3 is 10.9 Å². The lowest BCUT2D eigenvalue weighted by Crippen LogP contribution is -2.40. The van der Waals surface area contributed by atoms with Gasteiger partial charge in [-0.05, 0) is 42.0 Å². The molecule has 3 N–H and O–H groups in total. The van der Waals surface area contributed by atoms with Crippen molar-refractivity contribution in [2.75, 3.05) is 7.05 Å². The number of nitrogens with two attached hydrogens (primary N) is 1. The lowest BCUT2D eigenvalue weighted by molar-refractivity contribution is 0.273. The zero-order valence-electron chi connectivity index (χ0n) is 9.99. The van der Waals surface area contributed by atoms with Crippen molar-refractivity contribution in [3.05, 3.63) is 33.8 Å². The summed E-state index contributed by atoms with van der Waals surface area (Å²) < 4.78 is 27.5. The van der Waals surface area contributed by atoms with Crippen LogP contribution in [0.5, 0.6) is 0 Å². The Morgan fingerprint density at radius 3 is 2.72 bits per heavy atom. The van der Waals surface area contributed by atoms with Gasteiger partial charge in [0.15, 0.2) is 5.84 Å². The molecule has 0 heterocycles. The number of rotatable bonds is 4. The van der Waals surface area contributed by atoms with E-state index in [0.29, 0.717) is 0 Å². The largest absolute Gasteiger partial charge is 0.409 e. The maximum Gasteiger partial charge on any atom is 0.156 e. The monoisotopic (exact) mass is 321 g/mol. The van der Waals surface area contributed by atoms with Gasteiger partial charge >= 0.3 is 0 Å². The predicted molar refractivity (Wildman–Crippen MR) is 68.4 cm³/mol. The number of hydrogen-bond acceptors (Lipinski definition) is 3. The molecule has 1 aromatic rings. The summed E-state index contributed by atoms with van der Waals surface area (Å²) in [5.41, 5.74) is 5.37. The van der Waals surface area contributed by atoms with Gasteiger partial charge in [0.05, 0.1) is 10.5 Å². The first-order valence-corrected chi connectivity index (χ1v) is 5.97. The normalized spacial score (nSPS) is 14.0. The number of benzene rings is 1. The fourth-order valence-corrected chi connectivity index (χ4v) is 1.78. The van der Waals surface area contributed by atoms with Gasteiger partial charge in [-0.25, -0.2) is 8.78 Å². The highest BCUT2D eigenvalue weighted by Gasteiger charge is 2.19. The highest BCUT2D eigenvalue weighted by Crippen LogP contribution is 2.23. The second kappa shape index (κ2) is 6.10. The van der Waals surface area contributed by atoms with Gasteiger partial charge in [-0.15, -0.1) is 0 Å². The third-order valence-corrected chi connectivity index (χ3v) is 3.36. The quantitative estimate of drug-likeness (QED) is 0.294. The molecule has 0 saturated carbocycles. The van der Waals surface area contributed by atoms with Crippen LogP contribution in [0, 0.1) is 11.6 Å². The van der Waals surface area contributed by atoms with E-state index in [2.05, 4.69) is 21.1 Å². The maximum atomic E-state index is 13.7. The molecule has 0 bridgehead atoms. The van der Waals surface area contributed by atoms with Crippen molar-refractivity contribution in [3.8, 4) is 0 Å². The Morgan fingerprint density at radius 2 is 2.17 bits per heavy atom. The highest BCUT2D eigenvalue weighted by atomic mass is 79.9. The van der Waals surface area contributed by atoms with Gasteiger partial charge in [-0.2, -0.15) is 0 Å². The zero-order valence-corrected chi connectivity index (χ0v) is 11.6. The van der Waals surface area contributed by atoms with E-state index in [1.165, 1.54) is 12.1 Å². The van der Waals surface area contributed by atoms with E-state index >= 15 is 0 Å². The topological polar surface area (TPSA) is 61.9 Å². The van der Waals surface area contributed by atoms with Crippen LogP contribution in [0.25, 0.3) is 0 Å². The number of nitrogens with zero attached hydrogens (tertiary/aromatic N) is 2. The zero-order chi connectivity index (χ0) is 13.9. The minimum absolute atomic E-state index is 0.00843. The van der Waals surface area contributed by atoms with Crippen LogP contribution in [-0.4, -0.2) is 29.0 Å². The fourth-order valence-electron chi connectivity index (χ4n) is 1.41. The molecule has 0 spiro atoms. The van der Waals surface area contributed by atoms with E-state index in [4.69, 9.17) is 10.9 Å². The van der Waals surface area contributed by atoms with E-state index in [1.807, 2.05) is 0 Å². The average molecular weight is 322 g/mol. The standard InChI is InChI=1S/C11H14BrF2N3O/c1-6(11(15)16-18)17(2)5-7-9(13)4-3-8(12)10(7)14/h3-4,6,18H,5H2,1-2H3,(H2,15,16). The summed E-state index contributed by atoms with van der Waals surface area (Å²) in [5.74, 6) is -1.30. The summed E-state index contributed by atoms with van der Waals surface area (Å²) in [5, 5.41) is 11.4. The van der Waals surface area contributed by atoms with Crippen LogP contribution >= 0.6 is 15.9 Å². The molecule has 0 amide bonds. The number of oxime groups is 1. The minimum Gasteiger partial charge on any atom is -0.409 e. The summed E-state index contributed by atoms with van der Waals surface area (Å²) in [6.07, 6.45) is 0. The predicted octanol–water partition coefficient (Wildman–Crippen LogP) is 2.29. The molecule has 0 fully saturated rings. The third kappa shape index (κ3) is 3.17. The molecule has 1 unspecified atom stereocenters. The SMILES string of the molecule is CC(/C(N)=N/O)N(C)Cc1c(F)ccc(Br)c1F. The molecule has 0 saturated heterocycles. The van der Waals surface area contributed by atoms with Crippen LogP contribution < -0.4 is 5.73 Å². The first-order chi connectivity index (χ1) is 8.38. The lowest BCUT2D eigenvalue weighted by Gasteiger charge is -2.24. The van der Waals surface area contributed by atoms with Gasteiger partial charge in [0.2, 0.25) is 0 Å². The molecule has 0 aliphatic heterocycles. The molecule has 0 aliphatic carbocycles. The van der Waals surface area contributed by atoms with Gasteiger partial charge in [0, 0.05) is 12.1 Å². The Bertz CT molecular complexity index is 468. The van der Waals surface area contributed by atoms with Crippen molar-refractivity contribution in [3.63, 3.8) is 0 Å². The van der Waals surface area contributed by atoms with E-state index in [1.54, 1.807) is 18.9 Å². The Kier molecular flexibility index (Phi) is 5.03. The van der Waals surface area contributed by atoms with Gasteiger partial charge in [-0.1, -0.05) is 5.16 Å². The second-order valence-corrected chi connectivity index (χ2v) is 4.79. The van der Waals surface area contributed by atoms with Crippen molar-refractivity contribution in [2.45, 2.75) is 19.5 Å². The van der Waals surface area contributed by atoms with Crippen LogP contribution in [0.3, 0.4) is 0 Å². The Labute approximate surface area is 112 Å². The fraction of sp³-hybridized carbons (Fsp3) is 0.364. The number of likely N-dealkylation sites (N-methyl/N-ethyl adjacent to an activating group) is 1. The van der Waals surface area contributed by atoms with Gasteiger partial charge in [0.25, 0.3) is 0 Å². The van der Waals surface area contributed by atoms with Gasteiger partial charge in [-0.3, -0.25) is 4.90 Å². The molecule has 0 aromatic heterocycles. The van der Waals surface area contributed by atoms with Crippen molar-refractivity contribution >= 4 is 21.8 Å². The molecule has 18 heavy (non-hydrogen) atoms. The molecule has 100 valence electrons. The lowest BCUT2D eigenvalue weighted by atomic mass is 10.1. The second-order valence-electron chi connectivity index (χ2n) is 3.94. The molecule has 1 aromatic carbocycles. The summed E-state index contributed by atoms with van der Waals surface area (Å²) in [7, 11) is 1.63. The summed E-state index contributed by atoms with van der Waals surface area (Å²) in [6.45, 7) is 1.68. The summed E-state index contributed by atoms with van der Waals surface area (Å²) >= 11 is 3.00. The molecular weight excluding hydrogens is 308 g/mol. The Balaban J connectivity index is 2.95. The molecule has 1 atom stereocenters. The van der Waals surface area contributed by atoms with Crippen LogP contribution in [0.1, 0.15) is 12.5 Å². The van der Waals surface area contributed by atoms with Crippen LogP contribution in [0.2, 0.25) is 0 Å². The van der Waals surface area contributed by atoms with Crippen molar-refractivity contribution in [1.82, 2.24) is 4.90 Å². The van der Waals surface area contributed by atoms with Crippen molar-refractivity contribution in [1.29, 1.82) is 0 Å². The molecule has 1 rings (SSSR count). The first-order valence-electron chi connectivity index (χ1n) is 5.18. The van der Waals surface area contributed by atoms with E-state index < -0.39 is 17.7 Å². The number of amidine groups is 1. The Morgan fingerprint density at radius 1 is 1.56 bits per heavy atom. The van der Waals surface area contributed by atoms with Crippen molar-refractivity contribution < 1.29 is 14.0 Å². The number of hydrogen-bond donors (Lipinski definition) is 2. The van der Waals surface area contributed by atoms with Crippen LogP contribution in [-0.2, 0) is 6.54 Å². The van der Waals surface area contributed by atoms with Crippen LogP contribution in [0.15, 0.2) is 21.8 Å². The Hall–Kier alpha value is -1.21. The third-order valence-electron chi connectivity index (χ3n) is 2.75. The van der Waals surface area contributed by atoms with Crippen LogP contribution in [0.4, 0.5) is 8.78 Å². The number of halogens is 3. The van der Waals surface area contributed by atoms with Crippen molar-refractivity contribution in [2.24, 2.45) is 10.9 Å². The average Bonchev–Trinajstić information content (AvgIpc) is 2.37. The minimum atomic E-state index is -0.645. The molecular formula is C11H14BrF2N3O. The smallest absolute Gasteiger partial charge is 0.156 e. The summed E-state index contributed by atoms with van der Waals surface area (Å²) in [4.78, 5) is 1.57. The molecule has 0 radical (unpaired) electrons. The molecule has 0 aliphatic rings. The molecule has 4 nitrogen and oxygen atoms in total. The van der Waals surface area contributed by atoms with Gasteiger partial charge in [0.1, 0.15) is 11.6 Å². The highest BCUT2D eigenvalue weighted by molar-refractivity contribution is 9.10. The molecule has 7 heteroatoms. The summed E-state index contributed by atoms with van der Waals surface area (Å²) in [6, 6.07) is 2.05. The maximum absolute atomic E-state index is 13.7. The first kappa shape index (κ1) is 14.8. The van der Waals surface area contributed by atoms with E-state index in [9.17, 15) is 8.78 Å². The van der Waals surface area contributed by atoms with E-state index in [0.717, 1.165) is 0 Å². The van der Waals surface area contributed by atoms with E-state index in [-0.39, 0.29) is 22.4 Å².